The van der Waals surface area contributed by atoms with Crippen LogP contribution in [-0.4, -0.2) is 21.9 Å². The Balaban J connectivity index is 2.12. The molecule has 7 heteroatoms. The fourth-order valence-electron chi connectivity index (χ4n) is 1.87. The van der Waals surface area contributed by atoms with Crippen LogP contribution in [-0.2, 0) is 4.79 Å². The molecule has 0 bridgehead atoms. The number of hydrogen-bond donors (Lipinski definition) is 2. The van der Waals surface area contributed by atoms with Gasteiger partial charge in [0.1, 0.15) is 0 Å². The van der Waals surface area contributed by atoms with Gasteiger partial charge in [0.2, 0.25) is 5.91 Å². The van der Waals surface area contributed by atoms with Crippen molar-refractivity contribution in [3.05, 3.63) is 75.8 Å². The highest BCUT2D eigenvalue weighted by Crippen LogP contribution is 2.16. The molecule has 1 amide bonds. The van der Waals surface area contributed by atoms with Crippen molar-refractivity contribution in [2.75, 3.05) is 5.32 Å². The topological polar surface area (TPSA) is 110 Å². The van der Waals surface area contributed by atoms with Crippen LogP contribution < -0.4 is 5.32 Å². The van der Waals surface area contributed by atoms with Crippen LogP contribution in [0.4, 0.5) is 11.4 Å². The standard InChI is InChI=1S/C16H12N2O5/c19-15(17-14-7-2-1-6-13(14)16(20)21)9-8-11-4-3-5-12(10-11)18(22)23/h1-10H,(H,17,19)(H,20,21). The van der Waals surface area contributed by atoms with E-state index in [-0.39, 0.29) is 16.9 Å². The van der Waals surface area contributed by atoms with Gasteiger partial charge in [0.25, 0.3) is 5.69 Å². The molecule has 2 aromatic rings. The third-order valence-corrected chi connectivity index (χ3v) is 2.92. The van der Waals surface area contributed by atoms with Crippen LogP contribution in [0.25, 0.3) is 6.08 Å². The zero-order chi connectivity index (χ0) is 16.8. The molecule has 0 unspecified atom stereocenters. The van der Waals surface area contributed by atoms with Crippen LogP contribution in [0.2, 0.25) is 0 Å². The van der Waals surface area contributed by atoms with Gasteiger partial charge >= 0.3 is 5.97 Å². The quantitative estimate of drug-likeness (QED) is 0.501. The van der Waals surface area contributed by atoms with Gasteiger partial charge in [0.05, 0.1) is 16.2 Å². The number of carbonyl (C=O) groups excluding carboxylic acids is 1. The molecule has 23 heavy (non-hydrogen) atoms. The van der Waals surface area contributed by atoms with Crippen molar-refractivity contribution >= 4 is 29.3 Å². The Bertz CT molecular complexity index is 799. The summed E-state index contributed by atoms with van der Waals surface area (Å²) in [7, 11) is 0. The van der Waals surface area contributed by atoms with E-state index < -0.39 is 16.8 Å². The van der Waals surface area contributed by atoms with Crippen molar-refractivity contribution < 1.29 is 19.6 Å². The van der Waals surface area contributed by atoms with E-state index in [4.69, 9.17) is 5.11 Å². The van der Waals surface area contributed by atoms with E-state index in [1.54, 1.807) is 18.2 Å². The Labute approximate surface area is 131 Å². The van der Waals surface area contributed by atoms with Gasteiger partial charge < -0.3 is 10.4 Å². The molecule has 0 fully saturated rings. The number of nitro benzene ring substituents is 1. The number of aromatic carboxylic acids is 1. The lowest BCUT2D eigenvalue weighted by Crippen LogP contribution is -2.11. The number of nitro groups is 1. The minimum absolute atomic E-state index is 0.0235. The van der Waals surface area contributed by atoms with Crippen molar-refractivity contribution in [2.24, 2.45) is 0 Å². The van der Waals surface area contributed by atoms with E-state index in [2.05, 4.69) is 5.32 Å². The molecule has 0 atom stereocenters. The van der Waals surface area contributed by atoms with Gasteiger partial charge in [0, 0.05) is 18.2 Å². The number of non-ortho nitro benzene ring substituents is 1. The first kappa shape index (κ1) is 15.9. The number of carboxylic acids is 1. The van der Waals surface area contributed by atoms with Gasteiger partial charge in [-0.15, -0.1) is 0 Å². The van der Waals surface area contributed by atoms with E-state index in [0.717, 1.165) is 0 Å². The Kier molecular flexibility index (Phi) is 4.83. The monoisotopic (exact) mass is 312 g/mol. The number of nitrogens with zero attached hydrogens (tertiary/aromatic N) is 1. The fraction of sp³-hybridized carbons (Fsp3) is 0. The predicted octanol–water partition coefficient (Wildman–Crippen LogP) is 2.94. The summed E-state index contributed by atoms with van der Waals surface area (Å²) in [4.78, 5) is 33.1. The van der Waals surface area contributed by atoms with Crippen LogP contribution in [0.5, 0.6) is 0 Å². The molecular weight excluding hydrogens is 300 g/mol. The maximum Gasteiger partial charge on any atom is 0.337 e. The molecule has 116 valence electrons. The van der Waals surface area contributed by atoms with Gasteiger partial charge in [-0.1, -0.05) is 24.3 Å². The van der Waals surface area contributed by atoms with E-state index in [1.165, 1.54) is 42.5 Å². The van der Waals surface area contributed by atoms with Crippen molar-refractivity contribution in [2.45, 2.75) is 0 Å². The van der Waals surface area contributed by atoms with E-state index >= 15 is 0 Å². The zero-order valence-corrected chi connectivity index (χ0v) is 11.8. The zero-order valence-electron chi connectivity index (χ0n) is 11.8. The van der Waals surface area contributed by atoms with Crippen LogP contribution >= 0.6 is 0 Å². The SMILES string of the molecule is O=C(C=Cc1cccc([N+](=O)[O-])c1)Nc1ccccc1C(=O)O. The molecule has 2 N–H and O–H groups in total. The van der Waals surface area contributed by atoms with E-state index in [1.807, 2.05) is 0 Å². The molecule has 0 saturated carbocycles. The second-order valence-electron chi connectivity index (χ2n) is 4.53. The Hall–Kier alpha value is -3.48. The number of carboxylic acid groups (broad SMARTS) is 1. The van der Waals surface area contributed by atoms with Gasteiger partial charge in [-0.2, -0.15) is 0 Å². The number of rotatable bonds is 5. The summed E-state index contributed by atoms with van der Waals surface area (Å²) in [6.45, 7) is 0. The molecular formula is C16H12N2O5. The number of carbonyl (C=O) groups is 2. The maximum absolute atomic E-state index is 11.9. The number of hydrogen-bond acceptors (Lipinski definition) is 4. The van der Waals surface area contributed by atoms with Crippen LogP contribution in [0.15, 0.2) is 54.6 Å². The third-order valence-electron chi connectivity index (χ3n) is 2.92. The second-order valence-corrected chi connectivity index (χ2v) is 4.53. The van der Waals surface area contributed by atoms with Gasteiger partial charge in [-0.05, 0) is 23.8 Å². The Morgan fingerprint density at radius 2 is 1.87 bits per heavy atom. The predicted molar refractivity (Wildman–Crippen MR) is 84.2 cm³/mol. The minimum Gasteiger partial charge on any atom is -0.478 e. The summed E-state index contributed by atoms with van der Waals surface area (Å²) >= 11 is 0. The van der Waals surface area contributed by atoms with Crippen molar-refractivity contribution in [3.8, 4) is 0 Å². The van der Waals surface area contributed by atoms with Crippen molar-refractivity contribution in [1.82, 2.24) is 0 Å². The normalized spacial score (nSPS) is 10.4. The highest BCUT2D eigenvalue weighted by atomic mass is 16.6. The first-order valence-electron chi connectivity index (χ1n) is 6.53. The first-order chi connectivity index (χ1) is 11.0. The summed E-state index contributed by atoms with van der Waals surface area (Å²) in [6.07, 6.45) is 2.59. The highest BCUT2D eigenvalue weighted by molar-refractivity contribution is 6.06. The lowest BCUT2D eigenvalue weighted by atomic mass is 10.1. The average molecular weight is 312 g/mol. The minimum atomic E-state index is -1.15. The van der Waals surface area contributed by atoms with E-state index in [0.29, 0.717) is 5.56 Å². The van der Waals surface area contributed by atoms with Gasteiger partial charge in [-0.25, -0.2) is 4.79 Å². The molecule has 0 radical (unpaired) electrons. The van der Waals surface area contributed by atoms with Crippen LogP contribution in [0.3, 0.4) is 0 Å². The number of anilines is 1. The summed E-state index contributed by atoms with van der Waals surface area (Å²) in [5.41, 5.74) is 0.558. The third kappa shape index (κ3) is 4.24. The Morgan fingerprint density at radius 1 is 1.13 bits per heavy atom. The largest absolute Gasteiger partial charge is 0.478 e. The summed E-state index contributed by atoms with van der Waals surface area (Å²) in [5.74, 6) is -1.69. The van der Waals surface area contributed by atoms with Gasteiger partial charge in [0.15, 0.2) is 0 Å². The molecule has 0 aromatic heterocycles. The second kappa shape index (κ2) is 6.99. The number of para-hydroxylation sites is 1. The molecule has 2 aromatic carbocycles. The molecule has 0 spiro atoms. The molecule has 0 saturated heterocycles. The van der Waals surface area contributed by atoms with Crippen molar-refractivity contribution in [1.29, 1.82) is 0 Å². The molecule has 7 nitrogen and oxygen atoms in total. The molecule has 0 aliphatic carbocycles. The van der Waals surface area contributed by atoms with E-state index in [9.17, 15) is 19.7 Å². The summed E-state index contributed by atoms with van der Waals surface area (Å²) in [5, 5.41) is 22.2. The van der Waals surface area contributed by atoms with Crippen LogP contribution in [0.1, 0.15) is 15.9 Å². The number of benzene rings is 2. The summed E-state index contributed by atoms with van der Waals surface area (Å²) in [6, 6.07) is 11.8. The van der Waals surface area contributed by atoms with Crippen LogP contribution in [0, 0.1) is 10.1 Å². The maximum atomic E-state index is 11.9. The average Bonchev–Trinajstić information content (AvgIpc) is 2.53. The Morgan fingerprint density at radius 3 is 2.57 bits per heavy atom. The highest BCUT2D eigenvalue weighted by Gasteiger charge is 2.10. The summed E-state index contributed by atoms with van der Waals surface area (Å²) < 4.78 is 0. The lowest BCUT2D eigenvalue weighted by Gasteiger charge is -2.05. The molecule has 0 heterocycles. The molecule has 2 rings (SSSR count). The fourth-order valence-corrected chi connectivity index (χ4v) is 1.87. The lowest BCUT2D eigenvalue weighted by molar-refractivity contribution is -0.384. The molecule has 0 aliphatic heterocycles. The smallest absolute Gasteiger partial charge is 0.337 e. The van der Waals surface area contributed by atoms with Crippen molar-refractivity contribution in [3.63, 3.8) is 0 Å². The number of amides is 1. The number of nitrogens with one attached hydrogen (secondary N) is 1. The van der Waals surface area contributed by atoms with Gasteiger partial charge in [-0.3, -0.25) is 14.9 Å². The molecule has 0 aliphatic rings. The first-order valence-corrected chi connectivity index (χ1v) is 6.53.